The summed E-state index contributed by atoms with van der Waals surface area (Å²) in [5, 5.41) is 4.77. The van der Waals surface area contributed by atoms with E-state index in [1.807, 2.05) is 18.5 Å². The van der Waals surface area contributed by atoms with Gasteiger partial charge in [0, 0.05) is 25.8 Å². The van der Waals surface area contributed by atoms with E-state index < -0.39 is 0 Å². The Kier molecular flexibility index (Phi) is 5.25. The lowest BCUT2D eigenvalue weighted by Gasteiger charge is -2.05. The van der Waals surface area contributed by atoms with E-state index in [-0.39, 0.29) is 0 Å². The Morgan fingerprint density at radius 3 is 3.00 bits per heavy atom. The second-order valence-electron chi connectivity index (χ2n) is 2.80. The van der Waals surface area contributed by atoms with Crippen LogP contribution in [0.3, 0.4) is 0 Å². The summed E-state index contributed by atoms with van der Waals surface area (Å²) in [6.07, 6.45) is 3.79. The fraction of sp³-hybridized carbons (Fsp3) is 0.444. The number of pyridine rings is 1. The SMILES string of the molecule is CSc1ncc(CNCCN)cc1Cl. The van der Waals surface area contributed by atoms with Gasteiger partial charge in [-0.15, -0.1) is 11.8 Å². The van der Waals surface area contributed by atoms with Crippen LogP contribution in [0.2, 0.25) is 5.02 Å². The maximum atomic E-state index is 6.01. The van der Waals surface area contributed by atoms with Crippen LogP contribution >= 0.6 is 23.4 Å². The van der Waals surface area contributed by atoms with Gasteiger partial charge in [-0.05, 0) is 17.9 Å². The monoisotopic (exact) mass is 231 g/mol. The summed E-state index contributed by atoms with van der Waals surface area (Å²) < 4.78 is 0. The van der Waals surface area contributed by atoms with Gasteiger partial charge >= 0.3 is 0 Å². The van der Waals surface area contributed by atoms with E-state index in [0.29, 0.717) is 11.6 Å². The summed E-state index contributed by atoms with van der Waals surface area (Å²) in [6.45, 7) is 2.21. The molecule has 0 aliphatic heterocycles. The van der Waals surface area contributed by atoms with Crippen molar-refractivity contribution in [1.82, 2.24) is 10.3 Å². The summed E-state index contributed by atoms with van der Waals surface area (Å²) in [5.41, 5.74) is 6.45. The Bertz CT molecular complexity index is 293. The Balaban J connectivity index is 2.57. The highest BCUT2D eigenvalue weighted by molar-refractivity contribution is 7.98. The van der Waals surface area contributed by atoms with E-state index >= 15 is 0 Å². The van der Waals surface area contributed by atoms with Crippen LogP contribution < -0.4 is 11.1 Å². The molecule has 0 aliphatic carbocycles. The highest BCUT2D eigenvalue weighted by atomic mass is 35.5. The van der Waals surface area contributed by atoms with Crippen LogP contribution in [0.15, 0.2) is 17.3 Å². The number of thioether (sulfide) groups is 1. The molecular formula is C9H14ClN3S. The third-order valence-electron chi connectivity index (χ3n) is 1.71. The Morgan fingerprint density at radius 2 is 2.43 bits per heavy atom. The molecule has 0 fully saturated rings. The molecule has 0 unspecified atom stereocenters. The van der Waals surface area contributed by atoms with Crippen molar-refractivity contribution in [2.75, 3.05) is 19.3 Å². The zero-order valence-corrected chi connectivity index (χ0v) is 9.66. The van der Waals surface area contributed by atoms with Gasteiger partial charge in [0.05, 0.1) is 5.02 Å². The van der Waals surface area contributed by atoms with Gasteiger partial charge in [-0.25, -0.2) is 4.98 Å². The zero-order chi connectivity index (χ0) is 10.4. The molecule has 0 saturated heterocycles. The number of nitrogens with zero attached hydrogens (tertiary/aromatic N) is 1. The van der Waals surface area contributed by atoms with Crippen LogP contribution in [-0.4, -0.2) is 24.3 Å². The minimum atomic E-state index is 0.643. The van der Waals surface area contributed by atoms with Crippen molar-refractivity contribution in [2.45, 2.75) is 11.6 Å². The topological polar surface area (TPSA) is 50.9 Å². The maximum Gasteiger partial charge on any atom is 0.114 e. The van der Waals surface area contributed by atoms with E-state index in [1.165, 1.54) is 0 Å². The minimum absolute atomic E-state index is 0.643. The molecular weight excluding hydrogens is 218 g/mol. The molecule has 0 radical (unpaired) electrons. The van der Waals surface area contributed by atoms with Crippen LogP contribution in [0.1, 0.15) is 5.56 Å². The fourth-order valence-corrected chi connectivity index (χ4v) is 1.88. The average Bonchev–Trinajstić information content (AvgIpc) is 2.18. The summed E-state index contributed by atoms with van der Waals surface area (Å²) in [4.78, 5) is 4.24. The predicted molar refractivity (Wildman–Crippen MR) is 61.8 cm³/mol. The number of hydrogen-bond acceptors (Lipinski definition) is 4. The first-order valence-electron chi connectivity index (χ1n) is 4.37. The quantitative estimate of drug-likeness (QED) is 0.596. The van der Waals surface area contributed by atoms with Gasteiger partial charge in [0.15, 0.2) is 0 Å². The van der Waals surface area contributed by atoms with Gasteiger partial charge in [-0.3, -0.25) is 0 Å². The molecule has 0 aromatic carbocycles. The summed E-state index contributed by atoms with van der Waals surface area (Å²) in [7, 11) is 0. The average molecular weight is 232 g/mol. The molecule has 0 amide bonds. The lowest BCUT2D eigenvalue weighted by Crippen LogP contribution is -2.21. The number of hydrogen-bond donors (Lipinski definition) is 2. The predicted octanol–water partition coefficient (Wildman–Crippen LogP) is 1.51. The van der Waals surface area contributed by atoms with Crippen molar-refractivity contribution in [3.8, 4) is 0 Å². The number of rotatable bonds is 5. The van der Waals surface area contributed by atoms with Crippen LogP contribution in [0.25, 0.3) is 0 Å². The van der Waals surface area contributed by atoms with E-state index in [9.17, 15) is 0 Å². The summed E-state index contributed by atoms with van der Waals surface area (Å²) in [5.74, 6) is 0. The summed E-state index contributed by atoms with van der Waals surface area (Å²) >= 11 is 7.56. The standard InChI is InChI=1S/C9H14ClN3S/c1-14-9-8(10)4-7(6-13-9)5-12-3-2-11/h4,6,12H,2-3,5,11H2,1H3. The zero-order valence-electron chi connectivity index (χ0n) is 8.09. The molecule has 1 heterocycles. The Labute approximate surface area is 93.4 Å². The third kappa shape index (κ3) is 3.46. The van der Waals surface area contributed by atoms with Gasteiger partial charge in [-0.1, -0.05) is 11.6 Å². The van der Waals surface area contributed by atoms with Gasteiger partial charge in [0.25, 0.3) is 0 Å². The van der Waals surface area contributed by atoms with E-state index in [1.54, 1.807) is 11.8 Å². The normalized spacial score (nSPS) is 10.5. The molecule has 78 valence electrons. The lowest BCUT2D eigenvalue weighted by molar-refractivity contribution is 0.692. The number of halogens is 1. The molecule has 0 bridgehead atoms. The minimum Gasteiger partial charge on any atom is -0.329 e. The van der Waals surface area contributed by atoms with Crippen LogP contribution in [0, 0.1) is 0 Å². The van der Waals surface area contributed by atoms with Crippen LogP contribution in [0.5, 0.6) is 0 Å². The van der Waals surface area contributed by atoms with Gasteiger partial charge in [0.1, 0.15) is 5.03 Å². The maximum absolute atomic E-state index is 6.01. The highest BCUT2D eigenvalue weighted by Crippen LogP contribution is 2.23. The molecule has 5 heteroatoms. The molecule has 0 atom stereocenters. The first-order valence-corrected chi connectivity index (χ1v) is 5.97. The smallest absolute Gasteiger partial charge is 0.114 e. The molecule has 0 saturated carbocycles. The number of aromatic nitrogens is 1. The molecule has 0 aliphatic rings. The number of nitrogens with two attached hydrogens (primary N) is 1. The molecule has 1 aromatic heterocycles. The van der Waals surface area contributed by atoms with Crippen LogP contribution in [0.4, 0.5) is 0 Å². The molecule has 14 heavy (non-hydrogen) atoms. The molecule has 1 rings (SSSR count). The second kappa shape index (κ2) is 6.24. The lowest BCUT2D eigenvalue weighted by atomic mass is 10.3. The first kappa shape index (κ1) is 11.8. The van der Waals surface area contributed by atoms with Crippen molar-refractivity contribution in [3.05, 3.63) is 22.8 Å². The van der Waals surface area contributed by atoms with E-state index in [4.69, 9.17) is 17.3 Å². The Hall–Kier alpha value is -0.290. The largest absolute Gasteiger partial charge is 0.329 e. The molecule has 1 aromatic rings. The van der Waals surface area contributed by atoms with Gasteiger partial charge in [-0.2, -0.15) is 0 Å². The van der Waals surface area contributed by atoms with Crippen molar-refractivity contribution in [2.24, 2.45) is 5.73 Å². The summed E-state index contributed by atoms with van der Waals surface area (Å²) in [6, 6.07) is 1.93. The fourth-order valence-electron chi connectivity index (χ4n) is 1.05. The third-order valence-corrected chi connectivity index (χ3v) is 2.82. The Morgan fingerprint density at radius 1 is 1.64 bits per heavy atom. The second-order valence-corrected chi connectivity index (χ2v) is 4.00. The van der Waals surface area contributed by atoms with Gasteiger partial charge < -0.3 is 11.1 Å². The van der Waals surface area contributed by atoms with E-state index in [0.717, 1.165) is 23.7 Å². The molecule has 3 N–H and O–H groups in total. The highest BCUT2D eigenvalue weighted by Gasteiger charge is 2.01. The van der Waals surface area contributed by atoms with E-state index in [2.05, 4.69) is 10.3 Å². The van der Waals surface area contributed by atoms with Crippen molar-refractivity contribution in [3.63, 3.8) is 0 Å². The first-order chi connectivity index (χ1) is 6.77. The van der Waals surface area contributed by atoms with Crippen molar-refractivity contribution >= 4 is 23.4 Å². The van der Waals surface area contributed by atoms with Crippen molar-refractivity contribution in [1.29, 1.82) is 0 Å². The van der Waals surface area contributed by atoms with Gasteiger partial charge in [0.2, 0.25) is 0 Å². The molecule has 0 spiro atoms. The number of nitrogens with one attached hydrogen (secondary N) is 1. The van der Waals surface area contributed by atoms with Crippen molar-refractivity contribution < 1.29 is 0 Å². The molecule has 3 nitrogen and oxygen atoms in total. The van der Waals surface area contributed by atoms with Crippen LogP contribution in [-0.2, 0) is 6.54 Å².